The normalized spacial score (nSPS) is 10.8. The van der Waals surface area contributed by atoms with E-state index in [2.05, 4.69) is 9.97 Å². The van der Waals surface area contributed by atoms with Crippen LogP contribution in [0, 0.1) is 0 Å². The molecule has 0 spiro atoms. The predicted octanol–water partition coefficient (Wildman–Crippen LogP) is 0.840. The summed E-state index contributed by atoms with van der Waals surface area (Å²) in [6.07, 6.45) is 0.876. The van der Waals surface area contributed by atoms with Crippen molar-refractivity contribution in [1.82, 2.24) is 9.97 Å². The topological polar surface area (TPSA) is 65.7 Å². The molecule has 4 nitrogen and oxygen atoms in total. The number of aryl methyl sites for hydroxylation is 1. The van der Waals surface area contributed by atoms with Gasteiger partial charge in [0.25, 0.3) is 5.56 Å². The number of nitrogens with one attached hydrogen (secondary N) is 2. The number of hydrogen-bond donors (Lipinski definition) is 2. The van der Waals surface area contributed by atoms with Gasteiger partial charge in [0.05, 0.1) is 5.39 Å². The minimum Gasteiger partial charge on any atom is -0.298 e. The monoisotopic (exact) mass is 196 g/mol. The van der Waals surface area contributed by atoms with E-state index >= 15 is 0 Å². The first-order chi connectivity index (χ1) is 6.20. The summed E-state index contributed by atoms with van der Waals surface area (Å²) in [5.74, 6) is 0. The predicted molar refractivity (Wildman–Crippen MR) is 52.4 cm³/mol. The van der Waals surface area contributed by atoms with Crippen LogP contribution in [-0.4, -0.2) is 9.97 Å². The summed E-state index contributed by atoms with van der Waals surface area (Å²) in [5.41, 5.74) is -0.753. The second-order valence-corrected chi connectivity index (χ2v) is 3.85. The highest BCUT2D eigenvalue weighted by Crippen LogP contribution is 2.19. The molecule has 0 atom stereocenters. The second-order valence-electron chi connectivity index (χ2n) is 2.72. The fourth-order valence-electron chi connectivity index (χ4n) is 1.18. The molecule has 0 bridgehead atoms. The molecule has 0 aromatic carbocycles. The van der Waals surface area contributed by atoms with E-state index in [4.69, 9.17) is 0 Å². The lowest BCUT2D eigenvalue weighted by molar-refractivity contribution is 1.09. The third kappa shape index (κ3) is 1.31. The molecule has 2 heterocycles. The highest BCUT2D eigenvalue weighted by Gasteiger charge is 2.04. The zero-order chi connectivity index (χ0) is 9.42. The van der Waals surface area contributed by atoms with Crippen molar-refractivity contribution in [2.45, 2.75) is 13.3 Å². The van der Waals surface area contributed by atoms with Gasteiger partial charge in [-0.05, 0) is 12.5 Å². The van der Waals surface area contributed by atoms with Gasteiger partial charge in [-0.25, -0.2) is 4.79 Å². The van der Waals surface area contributed by atoms with E-state index in [1.807, 2.05) is 13.0 Å². The van der Waals surface area contributed by atoms with Crippen molar-refractivity contribution in [3.05, 3.63) is 31.8 Å². The van der Waals surface area contributed by atoms with Crippen LogP contribution in [0.3, 0.4) is 0 Å². The third-order valence-electron chi connectivity index (χ3n) is 1.83. The Balaban J connectivity index is 2.91. The van der Waals surface area contributed by atoms with E-state index in [1.165, 1.54) is 11.3 Å². The highest BCUT2D eigenvalue weighted by molar-refractivity contribution is 7.18. The molecule has 68 valence electrons. The van der Waals surface area contributed by atoms with Gasteiger partial charge in [-0.1, -0.05) is 6.92 Å². The van der Waals surface area contributed by atoms with Crippen LogP contribution in [0.15, 0.2) is 15.7 Å². The average Bonchev–Trinajstić information content (AvgIpc) is 2.47. The molecule has 0 aliphatic carbocycles. The first-order valence-electron chi connectivity index (χ1n) is 3.95. The highest BCUT2D eigenvalue weighted by atomic mass is 32.1. The minimum absolute atomic E-state index is 0.310. The SMILES string of the molecule is CCc1cc2c(=O)[nH]c(=O)[nH]c2s1. The Hall–Kier alpha value is -1.36. The summed E-state index contributed by atoms with van der Waals surface area (Å²) >= 11 is 1.45. The van der Waals surface area contributed by atoms with Crippen LogP contribution >= 0.6 is 11.3 Å². The maximum atomic E-state index is 11.3. The van der Waals surface area contributed by atoms with Crippen molar-refractivity contribution in [2.24, 2.45) is 0 Å². The van der Waals surface area contributed by atoms with Crippen molar-refractivity contribution >= 4 is 21.6 Å². The fraction of sp³-hybridized carbons (Fsp3) is 0.250. The number of thiophene rings is 1. The molecule has 5 heteroatoms. The van der Waals surface area contributed by atoms with Crippen molar-refractivity contribution in [3.8, 4) is 0 Å². The summed E-state index contributed by atoms with van der Waals surface area (Å²) in [6, 6.07) is 1.81. The lowest BCUT2D eigenvalue weighted by atomic mass is 10.3. The van der Waals surface area contributed by atoms with Crippen molar-refractivity contribution in [3.63, 3.8) is 0 Å². The number of rotatable bonds is 1. The van der Waals surface area contributed by atoms with Crippen LogP contribution in [0.4, 0.5) is 0 Å². The van der Waals surface area contributed by atoms with Gasteiger partial charge < -0.3 is 0 Å². The molecule has 0 amide bonds. The molecule has 0 aliphatic heterocycles. The fourth-order valence-corrected chi connectivity index (χ4v) is 2.17. The summed E-state index contributed by atoms with van der Waals surface area (Å²) in [7, 11) is 0. The Morgan fingerprint density at radius 2 is 2.15 bits per heavy atom. The van der Waals surface area contributed by atoms with Crippen molar-refractivity contribution in [1.29, 1.82) is 0 Å². The second kappa shape index (κ2) is 2.85. The van der Waals surface area contributed by atoms with E-state index in [-0.39, 0.29) is 5.56 Å². The van der Waals surface area contributed by atoms with E-state index in [0.717, 1.165) is 11.3 Å². The van der Waals surface area contributed by atoms with Crippen molar-refractivity contribution in [2.75, 3.05) is 0 Å². The molecular weight excluding hydrogens is 188 g/mol. The number of hydrogen-bond acceptors (Lipinski definition) is 3. The molecule has 2 aromatic rings. The smallest absolute Gasteiger partial charge is 0.298 e. The van der Waals surface area contributed by atoms with Gasteiger partial charge in [0.15, 0.2) is 0 Å². The van der Waals surface area contributed by atoms with Gasteiger partial charge in [-0.3, -0.25) is 14.8 Å². The molecule has 0 saturated carbocycles. The summed E-state index contributed by atoms with van der Waals surface area (Å²) in [6.45, 7) is 2.01. The maximum Gasteiger partial charge on any atom is 0.326 e. The number of aromatic nitrogens is 2. The molecule has 0 saturated heterocycles. The lowest BCUT2D eigenvalue weighted by Gasteiger charge is -1.84. The summed E-state index contributed by atoms with van der Waals surface area (Å²) < 4.78 is 0. The van der Waals surface area contributed by atoms with Crippen LogP contribution < -0.4 is 11.2 Å². The van der Waals surface area contributed by atoms with Gasteiger partial charge in [-0.15, -0.1) is 11.3 Å². The van der Waals surface area contributed by atoms with Crippen LogP contribution in [0.1, 0.15) is 11.8 Å². The summed E-state index contributed by atoms with van der Waals surface area (Å²) in [5, 5.41) is 0.571. The minimum atomic E-state index is -0.443. The molecule has 2 aromatic heterocycles. The molecule has 0 unspecified atom stereocenters. The molecular formula is C8H8N2O2S. The van der Waals surface area contributed by atoms with Gasteiger partial charge in [0, 0.05) is 4.88 Å². The first kappa shape index (κ1) is 8.25. The van der Waals surface area contributed by atoms with Gasteiger partial charge in [0.1, 0.15) is 4.83 Å². The van der Waals surface area contributed by atoms with E-state index < -0.39 is 5.69 Å². The maximum absolute atomic E-state index is 11.3. The van der Waals surface area contributed by atoms with Gasteiger partial charge >= 0.3 is 5.69 Å². The Labute approximate surface area is 77.2 Å². The molecule has 2 N–H and O–H groups in total. The molecule has 0 fully saturated rings. The quantitative estimate of drug-likeness (QED) is 0.709. The lowest BCUT2D eigenvalue weighted by Crippen LogP contribution is -2.20. The van der Waals surface area contributed by atoms with E-state index in [1.54, 1.807) is 0 Å². The van der Waals surface area contributed by atoms with Crippen LogP contribution in [-0.2, 0) is 6.42 Å². The Kier molecular flexibility index (Phi) is 1.81. The van der Waals surface area contributed by atoms with Crippen LogP contribution in [0.25, 0.3) is 10.2 Å². The molecule has 0 aliphatic rings. The van der Waals surface area contributed by atoms with Crippen LogP contribution in [0.2, 0.25) is 0 Å². The number of H-pyrrole nitrogens is 2. The standard InChI is InChI=1S/C8H8N2O2S/c1-2-4-3-5-6(11)9-8(12)10-7(5)13-4/h3H,2H2,1H3,(H2,9,10,11,12). The Morgan fingerprint density at radius 1 is 1.38 bits per heavy atom. The third-order valence-corrected chi connectivity index (χ3v) is 3.03. The largest absolute Gasteiger partial charge is 0.326 e. The van der Waals surface area contributed by atoms with E-state index in [9.17, 15) is 9.59 Å². The van der Waals surface area contributed by atoms with Crippen molar-refractivity contribution < 1.29 is 0 Å². The Morgan fingerprint density at radius 3 is 2.85 bits per heavy atom. The Bertz CT molecular complexity index is 549. The average molecular weight is 196 g/mol. The van der Waals surface area contributed by atoms with E-state index in [0.29, 0.717) is 10.2 Å². The molecule has 0 radical (unpaired) electrons. The zero-order valence-corrected chi connectivity index (χ0v) is 7.83. The van der Waals surface area contributed by atoms with Gasteiger partial charge in [-0.2, -0.15) is 0 Å². The zero-order valence-electron chi connectivity index (χ0n) is 7.01. The summed E-state index contributed by atoms with van der Waals surface area (Å²) in [4.78, 5) is 28.7. The number of fused-ring (bicyclic) bond motifs is 1. The van der Waals surface area contributed by atoms with Crippen LogP contribution in [0.5, 0.6) is 0 Å². The molecule has 2 rings (SSSR count). The number of aromatic amines is 2. The molecule has 13 heavy (non-hydrogen) atoms. The van der Waals surface area contributed by atoms with Gasteiger partial charge in [0.2, 0.25) is 0 Å². The first-order valence-corrected chi connectivity index (χ1v) is 4.77.